The Kier molecular flexibility index (Phi) is 5.53. The first-order valence-electron chi connectivity index (χ1n) is 8.87. The third-order valence-electron chi connectivity index (χ3n) is 4.34. The summed E-state index contributed by atoms with van der Waals surface area (Å²) in [4.78, 5) is 36.1. The molecule has 0 aliphatic carbocycles. The van der Waals surface area contributed by atoms with Gasteiger partial charge in [-0.3, -0.25) is 14.3 Å². The fourth-order valence-electron chi connectivity index (χ4n) is 3.05. The quantitative estimate of drug-likeness (QED) is 0.590. The molecule has 0 spiro atoms. The van der Waals surface area contributed by atoms with Gasteiger partial charge in [-0.15, -0.1) is 0 Å². The number of aromatic carboxylic acids is 1. The number of amides is 1. The zero-order valence-corrected chi connectivity index (χ0v) is 15.7. The maximum absolute atomic E-state index is 12.5. The van der Waals surface area contributed by atoms with Crippen LogP contribution in [-0.4, -0.2) is 43.1 Å². The molecule has 1 aromatic carbocycles. The number of nitrogens with zero attached hydrogens (tertiary/aromatic N) is 4. The van der Waals surface area contributed by atoms with Crippen molar-refractivity contribution >= 4 is 22.6 Å². The van der Waals surface area contributed by atoms with Crippen molar-refractivity contribution < 1.29 is 14.7 Å². The van der Waals surface area contributed by atoms with Gasteiger partial charge in [-0.2, -0.15) is 10.2 Å². The number of carbonyl (C=O) groups excluding carboxylic acids is 1. The SMILES string of the molecule is Cc1cc(C)n(CCCNC(=O)Cn2nc(C(=O)O)c3ccccc3c2=O)n1. The highest BCUT2D eigenvalue weighted by Crippen LogP contribution is 2.13. The van der Waals surface area contributed by atoms with E-state index >= 15 is 0 Å². The third-order valence-corrected chi connectivity index (χ3v) is 4.34. The normalized spacial score (nSPS) is 10.9. The number of carboxylic acids is 1. The molecule has 146 valence electrons. The highest BCUT2D eigenvalue weighted by molar-refractivity contribution is 6.01. The van der Waals surface area contributed by atoms with E-state index in [1.54, 1.807) is 12.1 Å². The van der Waals surface area contributed by atoms with Crippen molar-refractivity contribution in [3.8, 4) is 0 Å². The van der Waals surface area contributed by atoms with Crippen LogP contribution in [0.4, 0.5) is 0 Å². The summed E-state index contributed by atoms with van der Waals surface area (Å²) >= 11 is 0. The molecule has 9 heteroatoms. The maximum atomic E-state index is 12.5. The Morgan fingerprint density at radius 2 is 1.82 bits per heavy atom. The summed E-state index contributed by atoms with van der Waals surface area (Å²) in [6.07, 6.45) is 0.675. The highest BCUT2D eigenvalue weighted by Gasteiger charge is 2.16. The molecule has 2 aromatic heterocycles. The Morgan fingerprint density at radius 3 is 2.46 bits per heavy atom. The van der Waals surface area contributed by atoms with Crippen LogP contribution in [0.15, 0.2) is 35.1 Å². The second-order valence-corrected chi connectivity index (χ2v) is 6.52. The molecule has 2 heterocycles. The van der Waals surface area contributed by atoms with Gasteiger partial charge in [0.15, 0.2) is 5.69 Å². The van der Waals surface area contributed by atoms with E-state index in [0.717, 1.165) is 16.1 Å². The number of hydrogen-bond donors (Lipinski definition) is 2. The summed E-state index contributed by atoms with van der Waals surface area (Å²) in [6.45, 7) is 4.62. The number of carbonyl (C=O) groups is 2. The lowest BCUT2D eigenvalue weighted by Gasteiger charge is -2.10. The van der Waals surface area contributed by atoms with Crippen LogP contribution in [-0.2, 0) is 17.9 Å². The van der Waals surface area contributed by atoms with Crippen LogP contribution in [0, 0.1) is 13.8 Å². The summed E-state index contributed by atoms with van der Waals surface area (Å²) in [5, 5.41) is 20.8. The molecule has 3 rings (SSSR count). The topological polar surface area (TPSA) is 119 Å². The Balaban J connectivity index is 1.66. The zero-order valence-electron chi connectivity index (χ0n) is 15.7. The van der Waals surface area contributed by atoms with Gasteiger partial charge < -0.3 is 10.4 Å². The molecule has 0 saturated heterocycles. The molecule has 9 nitrogen and oxygen atoms in total. The number of nitrogens with one attached hydrogen (secondary N) is 1. The van der Waals surface area contributed by atoms with Crippen molar-refractivity contribution in [2.45, 2.75) is 33.4 Å². The van der Waals surface area contributed by atoms with Crippen molar-refractivity contribution in [1.82, 2.24) is 24.9 Å². The molecule has 0 aliphatic heterocycles. The van der Waals surface area contributed by atoms with Crippen molar-refractivity contribution in [2.75, 3.05) is 6.54 Å². The van der Waals surface area contributed by atoms with Crippen LogP contribution in [0.5, 0.6) is 0 Å². The smallest absolute Gasteiger partial charge is 0.357 e. The van der Waals surface area contributed by atoms with Crippen LogP contribution in [0.25, 0.3) is 10.8 Å². The minimum absolute atomic E-state index is 0.215. The van der Waals surface area contributed by atoms with Crippen molar-refractivity contribution in [2.24, 2.45) is 0 Å². The average Bonchev–Trinajstić information content (AvgIpc) is 2.98. The zero-order chi connectivity index (χ0) is 20.3. The molecule has 0 unspecified atom stereocenters. The number of aryl methyl sites for hydroxylation is 3. The van der Waals surface area contributed by atoms with Gasteiger partial charge >= 0.3 is 5.97 Å². The van der Waals surface area contributed by atoms with E-state index in [1.165, 1.54) is 12.1 Å². The molecule has 0 saturated carbocycles. The van der Waals surface area contributed by atoms with Gasteiger partial charge in [0, 0.05) is 24.2 Å². The predicted molar refractivity (Wildman–Crippen MR) is 102 cm³/mol. The van der Waals surface area contributed by atoms with E-state index in [2.05, 4.69) is 15.5 Å². The summed E-state index contributed by atoms with van der Waals surface area (Å²) in [6, 6.07) is 8.30. The number of benzene rings is 1. The first-order chi connectivity index (χ1) is 13.4. The molecule has 0 atom stereocenters. The van der Waals surface area contributed by atoms with E-state index in [0.29, 0.717) is 19.5 Å². The van der Waals surface area contributed by atoms with E-state index < -0.39 is 17.4 Å². The van der Waals surface area contributed by atoms with Crippen molar-refractivity contribution in [3.05, 3.63) is 57.8 Å². The average molecular weight is 383 g/mol. The van der Waals surface area contributed by atoms with Gasteiger partial charge in [0.25, 0.3) is 5.56 Å². The van der Waals surface area contributed by atoms with E-state index in [9.17, 15) is 19.5 Å². The molecule has 1 amide bonds. The standard InChI is InChI=1S/C19H21N5O4/c1-12-10-13(2)23(21-12)9-5-8-20-16(25)11-24-18(26)15-7-4-3-6-14(15)17(22-24)19(27)28/h3-4,6-7,10H,5,8-9,11H2,1-2H3,(H,20,25)(H,27,28). The number of rotatable bonds is 7. The monoisotopic (exact) mass is 383 g/mol. The highest BCUT2D eigenvalue weighted by atomic mass is 16.4. The lowest BCUT2D eigenvalue weighted by molar-refractivity contribution is -0.121. The minimum Gasteiger partial charge on any atom is -0.476 e. The summed E-state index contributed by atoms with van der Waals surface area (Å²) in [5.74, 6) is -1.66. The Hall–Kier alpha value is -3.49. The maximum Gasteiger partial charge on any atom is 0.357 e. The van der Waals surface area contributed by atoms with Crippen molar-refractivity contribution in [1.29, 1.82) is 0 Å². The van der Waals surface area contributed by atoms with Gasteiger partial charge in [-0.25, -0.2) is 9.48 Å². The summed E-state index contributed by atoms with van der Waals surface area (Å²) in [7, 11) is 0. The van der Waals surface area contributed by atoms with Crippen LogP contribution in [0.2, 0.25) is 0 Å². The van der Waals surface area contributed by atoms with E-state index in [4.69, 9.17) is 0 Å². The number of hydrogen-bond acceptors (Lipinski definition) is 5. The van der Waals surface area contributed by atoms with Crippen LogP contribution in [0.1, 0.15) is 28.3 Å². The first-order valence-corrected chi connectivity index (χ1v) is 8.87. The third kappa shape index (κ3) is 4.08. The van der Waals surface area contributed by atoms with E-state index in [-0.39, 0.29) is 23.0 Å². The lowest BCUT2D eigenvalue weighted by atomic mass is 10.1. The molecule has 2 N–H and O–H groups in total. The minimum atomic E-state index is -1.25. The predicted octanol–water partition coefficient (Wildman–Crippen LogP) is 1.11. The Bertz CT molecular complexity index is 1100. The molecule has 3 aromatic rings. The molecule has 0 bridgehead atoms. The fourth-order valence-corrected chi connectivity index (χ4v) is 3.05. The van der Waals surface area contributed by atoms with Gasteiger partial charge in [0.1, 0.15) is 6.54 Å². The largest absolute Gasteiger partial charge is 0.476 e. The second kappa shape index (κ2) is 8.03. The molecular formula is C19H21N5O4. The number of carboxylic acid groups (broad SMARTS) is 1. The molecule has 0 radical (unpaired) electrons. The van der Waals surface area contributed by atoms with Crippen LogP contribution < -0.4 is 10.9 Å². The van der Waals surface area contributed by atoms with Gasteiger partial charge in [-0.1, -0.05) is 18.2 Å². The number of aromatic nitrogens is 4. The fraction of sp³-hybridized carbons (Fsp3) is 0.316. The summed E-state index contributed by atoms with van der Waals surface area (Å²) < 4.78 is 2.76. The van der Waals surface area contributed by atoms with Crippen LogP contribution in [0.3, 0.4) is 0 Å². The lowest BCUT2D eigenvalue weighted by Crippen LogP contribution is -2.35. The Morgan fingerprint density at radius 1 is 1.11 bits per heavy atom. The van der Waals surface area contributed by atoms with Crippen molar-refractivity contribution in [3.63, 3.8) is 0 Å². The Labute approximate surface area is 160 Å². The second-order valence-electron chi connectivity index (χ2n) is 6.52. The van der Waals surface area contributed by atoms with Gasteiger partial charge in [-0.05, 0) is 32.4 Å². The molecule has 0 fully saturated rings. The summed E-state index contributed by atoms with van der Waals surface area (Å²) in [5.41, 5.74) is 1.24. The first kappa shape index (κ1) is 19.3. The van der Waals surface area contributed by atoms with E-state index in [1.807, 2.05) is 24.6 Å². The molecule has 0 aliphatic rings. The van der Waals surface area contributed by atoms with Gasteiger partial charge in [0.05, 0.1) is 11.1 Å². The molecular weight excluding hydrogens is 362 g/mol. The number of fused-ring (bicyclic) bond motifs is 1. The van der Waals surface area contributed by atoms with Crippen LogP contribution >= 0.6 is 0 Å². The molecule has 28 heavy (non-hydrogen) atoms. The van der Waals surface area contributed by atoms with Gasteiger partial charge in [0.2, 0.25) is 5.91 Å².